The van der Waals surface area contributed by atoms with Crippen LogP contribution in [0.5, 0.6) is 0 Å². The molecule has 204 valence electrons. The molecule has 9 nitrogen and oxygen atoms in total. The monoisotopic (exact) mass is 526 g/mol. The van der Waals surface area contributed by atoms with Gasteiger partial charge in [-0.05, 0) is 57.7 Å². The van der Waals surface area contributed by atoms with Gasteiger partial charge in [0.15, 0.2) is 11.3 Å². The minimum Gasteiger partial charge on any atom is -0.444 e. The van der Waals surface area contributed by atoms with Crippen LogP contribution in [0, 0.1) is 0 Å². The molecule has 1 saturated heterocycles. The van der Waals surface area contributed by atoms with Gasteiger partial charge in [-0.2, -0.15) is 4.98 Å². The van der Waals surface area contributed by atoms with Crippen LogP contribution >= 0.6 is 0 Å². The first-order valence-corrected chi connectivity index (χ1v) is 12.6. The van der Waals surface area contributed by atoms with Crippen LogP contribution in [0.1, 0.15) is 77.0 Å². The smallest absolute Gasteiger partial charge is 0.410 e. The molecule has 1 fully saturated rings. The minimum atomic E-state index is -2.24. The van der Waals surface area contributed by atoms with E-state index in [1.54, 1.807) is 39.0 Å². The normalized spacial score (nSPS) is 17.2. The minimum absolute atomic E-state index is 0.00592. The number of aliphatic hydroxyl groups is 2. The Hall–Kier alpha value is -3.37. The number of pyridine rings is 1. The van der Waals surface area contributed by atoms with Crippen LogP contribution in [0.3, 0.4) is 0 Å². The number of hydrogen-bond donors (Lipinski definition) is 2. The summed E-state index contributed by atoms with van der Waals surface area (Å²) < 4.78 is 27.3. The van der Waals surface area contributed by atoms with E-state index in [0.29, 0.717) is 11.1 Å². The summed E-state index contributed by atoms with van der Waals surface area (Å²) in [6.07, 6.45) is 2.19. The molecule has 0 aliphatic carbocycles. The van der Waals surface area contributed by atoms with Crippen LogP contribution in [0.2, 0.25) is 0 Å². The number of ether oxygens (including phenoxy) is 1. The van der Waals surface area contributed by atoms with E-state index in [2.05, 4.69) is 15.1 Å². The van der Waals surface area contributed by atoms with E-state index in [9.17, 15) is 15.0 Å². The van der Waals surface area contributed by atoms with Gasteiger partial charge in [0.1, 0.15) is 11.2 Å². The second-order valence-electron chi connectivity index (χ2n) is 11.7. The Morgan fingerprint density at radius 3 is 2.24 bits per heavy atom. The van der Waals surface area contributed by atoms with E-state index in [-0.39, 0.29) is 36.3 Å². The predicted octanol–water partition coefficient (Wildman–Crippen LogP) is 4.68. The highest BCUT2D eigenvalue weighted by Gasteiger charge is 2.62. The standard InChI is InChI=1S/C28H35FN4O5/c1-17(2)18-8-10-20(11-9-18)28(36,27(29)15-33(16-27)24(34)37-25(3,4)5)21-12-19(13-30-14-21)22-31-23(38-32-22)26(6,7)35/h8-14,17,35-36H,15-16H2,1-7H3/t28-/m0/s1. The molecule has 2 N–H and O–H groups in total. The number of alkyl halides is 1. The molecule has 1 aromatic carbocycles. The SMILES string of the molecule is CC(C)c1ccc([C@](O)(c2cncc(-c3noc(C(C)(C)O)n3)c2)C2(F)CN(C(=O)OC(C)(C)C)C2)cc1. The Morgan fingerprint density at radius 1 is 1.08 bits per heavy atom. The van der Waals surface area contributed by atoms with Gasteiger partial charge >= 0.3 is 6.09 Å². The summed E-state index contributed by atoms with van der Waals surface area (Å²) in [6, 6.07) is 8.63. The van der Waals surface area contributed by atoms with Gasteiger partial charge < -0.3 is 24.4 Å². The Kier molecular flexibility index (Phi) is 6.86. The van der Waals surface area contributed by atoms with Crippen LogP contribution < -0.4 is 0 Å². The number of nitrogens with zero attached hydrogens (tertiary/aromatic N) is 4. The first-order valence-electron chi connectivity index (χ1n) is 12.6. The molecule has 38 heavy (non-hydrogen) atoms. The van der Waals surface area contributed by atoms with Gasteiger partial charge in [-0.25, -0.2) is 9.18 Å². The lowest BCUT2D eigenvalue weighted by Crippen LogP contribution is -2.70. The number of benzene rings is 1. The molecule has 0 bridgehead atoms. The Labute approximate surface area is 221 Å². The first-order chi connectivity index (χ1) is 17.5. The van der Waals surface area contributed by atoms with Crippen molar-refractivity contribution in [1.29, 1.82) is 0 Å². The highest BCUT2D eigenvalue weighted by molar-refractivity contribution is 5.70. The fourth-order valence-electron chi connectivity index (χ4n) is 4.39. The van der Waals surface area contributed by atoms with Crippen molar-refractivity contribution < 1.29 is 28.7 Å². The second-order valence-corrected chi connectivity index (χ2v) is 11.7. The molecule has 3 aromatic rings. The number of carbonyl (C=O) groups is 1. The van der Waals surface area contributed by atoms with E-state index in [0.717, 1.165) is 5.56 Å². The largest absolute Gasteiger partial charge is 0.444 e. The van der Waals surface area contributed by atoms with Crippen molar-refractivity contribution in [3.8, 4) is 11.4 Å². The summed E-state index contributed by atoms with van der Waals surface area (Å²) >= 11 is 0. The summed E-state index contributed by atoms with van der Waals surface area (Å²) in [6.45, 7) is 11.6. The fraction of sp³-hybridized carbons (Fsp3) is 0.500. The Morgan fingerprint density at radius 2 is 1.71 bits per heavy atom. The van der Waals surface area contributed by atoms with Crippen molar-refractivity contribution in [2.75, 3.05) is 13.1 Å². The van der Waals surface area contributed by atoms with Crippen LogP contribution in [0.4, 0.5) is 9.18 Å². The molecular formula is C28H35FN4O5. The average Bonchev–Trinajstić information content (AvgIpc) is 3.31. The lowest BCUT2D eigenvalue weighted by molar-refractivity contribution is -0.155. The number of amides is 1. The lowest BCUT2D eigenvalue weighted by Gasteiger charge is -2.52. The van der Waals surface area contributed by atoms with Crippen molar-refractivity contribution in [1.82, 2.24) is 20.0 Å². The third-order valence-corrected chi connectivity index (χ3v) is 6.54. The molecule has 1 aliphatic heterocycles. The van der Waals surface area contributed by atoms with Gasteiger partial charge in [-0.15, -0.1) is 0 Å². The van der Waals surface area contributed by atoms with Gasteiger partial charge in [0.2, 0.25) is 5.82 Å². The van der Waals surface area contributed by atoms with Gasteiger partial charge in [0.25, 0.3) is 5.89 Å². The maximum atomic E-state index is 16.7. The summed E-state index contributed by atoms with van der Waals surface area (Å²) in [5, 5.41) is 26.3. The highest BCUT2D eigenvalue weighted by atomic mass is 19.1. The van der Waals surface area contributed by atoms with Gasteiger partial charge in [0, 0.05) is 23.5 Å². The molecule has 1 aliphatic rings. The van der Waals surface area contributed by atoms with Crippen molar-refractivity contribution in [3.05, 3.63) is 65.3 Å². The zero-order valence-corrected chi connectivity index (χ0v) is 22.8. The maximum Gasteiger partial charge on any atom is 0.410 e. The van der Waals surface area contributed by atoms with E-state index in [1.807, 2.05) is 26.0 Å². The van der Waals surface area contributed by atoms with Gasteiger partial charge in [-0.1, -0.05) is 43.3 Å². The first kappa shape index (κ1) is 27.7. The van der Waals surface area contributed by atoms with Crippen LogP contribution in [-0.4, -0.2) is 60.7 Å². The van der Waals surface area contributed by atoms with E-state index in [1.165, 1.54) is 31.1 Å². The Balaban J connectivity index is 1.75. The highest BCUT2D eigenvalue weighted by Crippen LogP contribution is 2.48. The van der Waals surface area contributed by atoms with Gasteiger partial charge in [0.05, 0.1) is 13.1 Å². The zero-order chi connectivity index (χ0) is 28.1. The Bertz CT molecular complexity index is 1300. The van der Waals surface area contributed by atoms with Crippen molar-refractivity contribution in [3.63, 3.8) is 0 Å². The lowest BCUT2D eigenvalue weighted by atomic mass is 9.70. The fourth-order valence-corrected chi connectivity index (χ4v) is 4.39. The maximum absolute atomic E-state index is 16.7. The molecule has 2 aromatic heterocycles. The molecular weight excluding hydrogens is 491 g/mol. The summed E-state index contributed by atoms with van der Waals surface area (Å²) in [5.41, 5.74) is -4.61. The number of likely N-dealkylation sites (tertiary alicyclic amines) is 1. The number of hydrogen-bond acceptors (Lipinski definition) is 8. The van der Waals surface area contributed by atoms with E-state index in [4.69, 9.17) is 9.26 Å². The van der Waals surface area contributed by atoms with E-state index < -0.39 is 28.6 Å². The van der Waals surface area contributed by atoms with Crippen LogP contribution in [-0.2, 0) is 15.9 Å². The van der Waals surface area contributed by atoms with Crippen LogP contribution in [0.25, 0.3) is 11.4 Å². The molecule has 3 heterocycles. The third-order valence-electron chi connectivity index (χ3n) is 6.54. The summed E-state index contributed by atoms with van der Waals surface area (Å²) in [7, 11) is 0. The number of aromatic nitrogens is 3. The third kappa shape index (κ3) is 5.15. The molecule has 1 amide bonds. The molecule has 1 atom stereocenters. The zero-order valence-electron chi connectivity index (χ0n) is 22.8. The average molecular weight is 527 g/mol. The molecule has 0 saturated carbocycles. The van der Waals surface area contributed by atoms with Crippen molar-refractivity contribution in [2.24, 2.45) is 0 Å². The molecule has 10 heteroatoms. The summed E-state index contributed by atoms with van der Waals surface area (Å²) in [5.74, 6) is 0.383. The van der Waals surface area contributed by atoms with Gasteiger partial charge in [-0.3, -0.25) is 4.98 Å². The molecule has 0 spiro atoms. The predicted molar refractivity (Wildman–Crippen MR) is 138 cm³/mol. The quantitative estimate of drug-likeness (QED) is 0.475. The second kappa shape index (κ2) is 9.43. The van der Waals surface area contributed by atoms with Crippen molar-refractivity contribution >= 4 is 6.09 Å². The molecule has 0 radical (unpaired) electrons. The van der Waals surface area contributed by atoms with E-state index >= 15 is 4.39 Å². The molecule has 4 rings (SSSR count). The number of rotatable bonds is 6. The van der Waals surface area contributed by atoms with Crippen LogP contribution in [0.15, 0.2) is 47.2 Å². The summed E-state index contributed by atoms with van der Waals surface area (Å²) in [4.78, 5) is 22.3. The topological polar surface area (TPSA) is 122 Å². The van der Waals surface area contributed by atoms with Crippen molar-refractivity contribution in [2.45, 2.75) is 76.9 Å². The number of carbonyl (C=O) groups excluding carboxylic acids is 1. The number of halogens is 1. The molecule has 0 unspecified atom stereocenters.